The molecular weight excluding hydrogens is 290 g/mol. The van der Waals surface area contributed by atoms with Crippen LogP contribution in [0.25, 0.3) is 0 Å². The van der Waals surface area contributed by atoms with E-state index in [0.29, 0.717) is 30.9 Å². The third-order valence-corrected chi connectivity index (χ3v) is 4.01. The summed E-state index contributed by atoms with van der Waals surface area (Å²) in [5.74, 6) is 0.776. The Hall–Kier alpha value is -0.810. The molecule has 21 heavy (non-hydrogen) atoms. The lowest BCUT2D eigenvalue weighted by Crippen LogP contribution is -2.91. The van der Waals surface area contributed by atoms with E-state index in [1.165, 1.54) is 25.7 Å². The van der Waals surface area contributed by atoms with Gasteiger partial charge in [0, 0.05) is 5.02 Å². The highest BCUT2D eigenvalue weighted by atomic mass is 35.5. The molecule has 1 atom stereocenters. The molecule has 1 aliphatic rings. The molecule has 3 N–H and O–H groups in total. The Labute approximate surface area is 131 Å². The molecule has 0 unspecified atom stereocenters. The third-order valence-electron chi connectivity index (χ3n) is 3.76. The summed E-state index contributed by atoms with van der Waals surface area (Å²) >= 11 is 5.80. The standard InChI is InChI=1S/C16H24ClNO3/c17-13-5-7-16(8-6-13)21-10-9-20-12-15(19)11-18-14-3-1-2-4-14/h5-8,14-15,18-19H,1-4,9-12H2/p+1/t15-/m1/s1. The van der Waals surface area contributed by atoms with Gasteiger partial charge in [0.1, 0.15) is 25.0 Å². The van der Waals surface area contributed by atoms with Crippen molar-refractivity contribution in [3.8, 4) is 5.75 Å². The topological polar surface area (TPSA) is 55.3 Å². The highest BCUT2D eigenvalue weighted by molar-refractivity contribution is 6.30. The largest absolute Gasteiger partial charge is 0.491 e. The third kappa shape index (κ3) is 6.66. The van der Waals surface area contributed by atoms with Crippen molar-refractivity contribution < 1.29 is 19.9 Å². The zero-order valence-electron chi connectivity index (χ0n) is 12.3. The predicted octanol–water partition coefficient (Wildman–Crippen LogP) is 1.60. The van der Waals surface area contributed by atoms with Crippen LogP contribution < -0.4 is 10.1 Å². The first-order chi connectivity index (χ1) is 10.2. The summed E-state index contributed by atoms with van der Waals surface area (Å²) in [5, 5.41) is 12.8. The highest BCUT2D eigenvalue weighted by Gasteiger charge is 2.19. The number of rotatable bonds is 9. The summed E-state index contributed by atoms with van der Waals surface area (Å²) in [6, 6.07) is 7.94. The van der Waals surface area contributed by atoms with Gasteiger partial charge in [0.15, 0.2) is 0 Å². The summed E-state index contributed by atoms with van der Waals surface area (Å²) in [6.45, 7) is 2.04. The smallest absolute Gasteiger partial charge is 0.126 e. The number of hydrogen-bond donors (Lipinski definition) is 2. The summed E-state index contributed by atoms with van der Waals surface area (Å²) in [7, 11) is 0. The molecule has 2 rings (SSSR count). The number of halogens is 1. The van der Waals surface area contributed by atoms with Gasteiger partial charge < -0.3 is 19.9 Å². The van der Waals surface area contributed by atoms with Crippen molar-refractivity contribution in [2.75, 3.05) is 26.4 Å². The van der Waals surface area contributed by atoms with Crippen LogP contribution in [-0.4, -0.2) is 43.6 Å². The number of aliphatic hydroxyl groups excluding tert-OH is 1. The SMILES string of the molecule is O[C@H](C[NH2+]C1CCCC1)COCCOc1ccc(Cl)cc1. The van der Waals surface area contributed by atoms with Gasteiger partial charge in [0.05, 0.1) is 19.3 Å². The minimum atomic E-state index is -0.402. The molecule has 1 fully saturated rings. The van der Waals surface area contributed by atoms with Gasteiger partial charge in [-0.2, -0.15) is 0 Å². The molecule has 0 aromatic heterocycles. The van der Waals surface area contributed by atoms with Crippen LogP contribution in [0.5, 0.6) is 5.75 Å². The van der Waals surface area contributed by atoms with E-state index in [9.17, 15) is 5.11 Å². The summed E-state index contributed by atoms with van der Waals surface area (Å²) in [4.78, 5) is 0. The van der Waals surface area contributed by atoms with Crippen molar-refractivity contribution in [2.45, 2.75) is 37.8 Å². The van der Waals surface area contributed by atoms with Crippen LogP contribution in [0.4, 0.5) is 0 Å². The lowest BCUT2D eigenvalue weighted by molar-refractivity contribution is -0.693. The fourth-order valence-corrected chi connectivity index (χ4v) is 2.71. The quantitative estimate of drug-likeness (QED) is 0.681. The maximum atomic E-state index is 9.84. The number of benzene rings is 1. The van der Waals surface area contributed by atoms with E-state index in [0.717, 1.165) is 12.3 Å². The molecule has 1 aliphatic carbocycles. The Morgan fingerprint density at radius 2 is 1.90 bits per heavy atom. The molecule has 0 heterocycles. The van der Waals surface area contributed by atoms with Crippen molar-refractivity contribution in [1.82, 2.24) is 0 Å². The van der Waals surface area contributed by atoms with Crippen LogP contribution in [0.2, 0.25) is 5.02 Å². The molecule has 0 radical (unpaired) electrons. The van der Waals surface area contributed by atoms with E-state index in [1.807, 2.05) is 12.1 Å². The molecule has 0 aliphatic heterocycles. The summed E-state index contributed by atoms with van der Waals surface area (Å²) in [6.07, 6.45) is 4.82. The van der Waals surface area contributed by atoms with Crippen LogP contribution in [0, 0.1) is 0 Å². The van der Waals surface area contributed by atoms with Crippen molar-refractivity contribution in [1.29, 1.82) is 0 Å². The Bertz CT molecular complexity index is 393. The molecule has 118 valence electrons. The Morgan fingerprint density at radius 1 is 1.19 bits per heavy atom. The van der Waals surface area contributed by atoms with Gasteiger partial charge in [-0.25, -0.2) is 0 Å². The van der Waals surface area contributed by atoms with E-state index in [2.05, 4.69) is 5.32 Å². The molecule has 5 heteroatoms. The number of hydrogen-bond acceptors (Lipinski definition) is 3. The fourth-order valence-electron chi connectivity index (χ4n) is 2.58. The molecular formula is C16H25ClNO3+. The average Bonchev–Trinajstić information content (AvgIpc) is 3.00. The number of aliphatic hydroxyl groups is 1. The lowest BCUT2D eigenvalue weighted by Gasteiger charge is -2.13. The highest BCUT2D eigenvalue weighted by Crippen LogP contribution is 2.15. The van der Waals surface area contributed by atoms with Crippen LogP contribution in [0.1, 0.15) is 25.7 Å². The zero-order chi connectivity index (χ0) is 14.9. The van der Waals surface area contributed by atoms with Gasteiger partial charge in [0.2, 0.25) is 0 Å². The molecule has 0 bridgehead atoms. The van der Waals surface area contributed by atoms with Crippen molar-refractivity contribution in [3.63, 3.8) is 0 Å². The first-order valence-corrected chi connectivity index (χ1v) is 8.09. The minimum absolute atomic E-state index is 0.368. The number of quaternary nitrogens is 1. The van der Waals surface area contributed by atoms with Crippen LogP contribution in [0.3, 0.4) is 0 Å². The number of nitrogens with two attached hydrogens (primary N) is 1. The molecule has 0 amide bonds. The molecule has 1 aromatic rings. The monoisotopic (exact) mass is 314 g/mol. The second-order valence-corrected chi connectivity index (χ2v) is 5.98. The Kier molecular flexibility index (Phi) is 7.30. The van der Waals surface area contributed by atoms with Gasteiger partial charge in [-0.05, 0) is 49.9 Å². The molecule has 1 saturated carbocycles. The fraction of sp³-hybridized carbons (Fsp3) is 0.625. The molecule has 0 spiro atoms. The Balaban J connectivity index is 1.47. The first-order valence-electron chi connectivity index (χ1n) is 7.71. The van der Waals surface area contributed by atoms with Crippen LogP contribution >= 0.6 is 11.6 Å². The van der Waals surface area contributed by atoms with E-state index in [-0.39, 0.29) is 0 Å². The summed E-state index contributed by atoms with van der Waals surface area (Å²) < 4.78 is 10.9. The van der Waals surface area contributed by atoms with Gasteiger partial charge in [0.25, 0.3) is 0 Å². The lowest BCUT2D eigenvalue weighted by atomic mass is 10.2. The predicted molar refractivity (Wildman–Crippen MR) is 82.8 cm³/mol. The average molecular weight is 315 g/mol. The normalized spacial score (nSPS) is 17.0. The van der Waals surface area contributed by atoms with Gasteiger partial charge in [-0.15, -0.1) is 0 Å². The van der Waals surface area contributed by atoms with Crippen molar-refractivity contribution >= 4 is 11.6 Å². The molecule has 1 aromatic carbocycles. The van der Waals surface area contributed by atoms with Gasteiger partial charge in [-0.3, -0.25) is 0 Å². The van der Waals surface area contributed by atoms with Crippen LogP contribution in [-0.2, 0) is 4.74 Å². The minimum Gasteiger partial charge on any atom is -0.491 e. The van der Waals surface area contributed by atoms with Crippen LogP contribution in [0.15, 0.2) is 24.3 Å². The molecule has 4 nitrogen and oxygen atoms in total. The maximum Gasteiger partial charge on any atom is 0.126 e. The number of ether oxygens (including phenoxy) is 2. The van der Waals surface area contributed by atoms with E-state index >= 15 is 0 Å². The maximum absolute atomic E-state index is 9.84. The molecule has 0 saturated heterocycles. The first kappa shape index (κ1) is 16.6. The van der Waals surface area contributed by atoms with E-state index < -0.39 is 6.10 Å². The Morgan fingerprint density at radius 3 is 2.62 bits per heavy atom. The second kappa shape index (κ2) is 9.26. The second-order valence-electron chi connectivity index (χ2n) is 5.55. The van der Waals surface area contributed by atoms with Crippen molar-refractivity contribution in [2.24, 2.45) is 0 Å². The van der Waals surface area contributed by atoms with E-state index in [4.69, 9.17) is 21.1 Å². The van der Waals surface area contributed by atoms with Crippen molar-refractivity contribution in [3.05, 3.63) is 29.3 Å². The van der Waals surface area contributed by atoms with E-state index in [1.54, 1.807) is 12.1 Å². The zero-order valence-corrected chi connectivity index (χ0v) is 13.1. The van der Waals surface area contributed by atoms with Gasteiger partial charge >= 0.3 is 0 Å². The summed E-state index contributed by atoms with van der Waals surface area (Å²) in [5.41, 5.74) is 0. The van der Waals surface area contributed by atoms with Gasteiger partial charge in [-0.1, -0.05) is 11.6 Å².